The Kier molecular flexibility index (Phi) is 6.93. The minimum Gasteiger partial charge on any atom is -0.480 e. The van der Waals surface area contributed by atoms with Gasteiger partial charge in [-0.2, -0.15) is 4.72 Å². The van der Waals surface area contributed by atoms with Crippen molar-refractivity contribution in [2.75, 3.05) is 0 Å². The molecule has 1 unspecified atom stereocenters. The predicted octanol–water partition coefficient (Wildman–Crippen LogP) is 4.74. The summed E-state index contributed by atoms with van der Waals surface area (Å²) in [7, 11) is -3.94. The molecule has 1 aromatic heterocycles. The van der Waals surface area contributed by atoms with E-state index in [1.807, 2.05) is 60.7 Å². The van der Waals surface area contributed by atoms with Crippen LogP contribution in [0.1, 0.15) is 6.92 Å². The molecule has 1 heterocycles. The highest BCUT2D eigenvalue weighted by Gasteiger charge is 2.21. The standard InChI is InChI=1S/C24H20N2O4S.ClH/c1-16(24(27)28)26-31(29,30)19-13-11-18(12-14-19)23-15-21(17-7-3-2-4-8-17)20-9-5-6-10-22(20)25-23;/h2-16,26H,1H3,(H,27,28);1H. The maximum atomic E-state index is 12.4. The number of nitrogens with one attached hydrogen (secondary N) is 1. The number of nitrogens with zero attached hydrogens (tertiary/aromatic N) is 1. The lowest BCUT2D eigenvalue weighted by atomic mass is 9.98. The molecule has 0 aliphatic heterocycles. The fourth-order valence-electron chi connectivity index (χ4n) is 3.34. The Bertz CT molecular complexity index is 1360. The number of sulfonamides is 1. The minimum absolute atomic E-state index is 0. The monoisotopic (exact) mass is 468 g/mol. The number of rotatable bonds is 6. The summed E-state index contributed by atoms with van der Waals surface area (Å²) in [6.45, 7) is 1.28. The molecule has 164 valence electrons. The van der Waals surface area contributed by atoms with E-state index in [9.17, 15) is 13.2 Å². The van der Waals surface area contributed by atoms with Crippen molar-refractivity contribution in [2.24, 2.45) is 0 Å². The summed E-state index contributed by atoms with van der Waals surface area (Å²) >= 11 is 0. The van der Waals surface area contributed by atoms with E-state index in [1.54, 1.807) is 12.1 Å². The molecule has 0 aliphatic rings. The van der Waals surface area contributed by atoms with Crippen LogP contribution >= 0.6 is 12.4 Å². The number of pyridine rings is 1. The smallest absolute Gasteiger partial charge is 0.321 e. The number of benzene rings is 3. The lowest BCUT2D eigenvalue weighted by Crippen LogP contribution is -2.38. The van der Waals surface area contributed by atoms with Gasteiger partial charge in [-0.25, -0.2) is 13.4 Å². The van der Waals surface area contributed by atoms with Gasteiger partial charge in [0.2, 0.25) is 10.0 Å². The normalized spacial score (nSPS) is 12.2. The summed E-state index contributed by atoms with van der Waals surface area (Å²) in [4.78, 5) is 15.7. The summed E-state index contributed by atoms with van der Waals surface area (Å²) in [6.07, 6.45) is 0. The third-order valence-electron chi connectivity index (χ3n) is 4.96. The molecule has 6 nitrogen and oxygen atoms in total. The zero-order valence-electron chi connectivity index (χ0n) is 17.1. The highest BCUT2D eigenvalue weighted by atomic mass is 35.5. The second-order valence-corrected chi connectivity index (χ2v) is 8.86. The molecule has 0 bridgehead atoms. The summed E-state index contributed by atoms with van der Waals surface area (Å²) in [6, 6.07) is 24.9. The Balaban J connectivity index is 0.00000289. The quantitative estimate of drug-likeness (QED) is 0.426. The summed E-state index contributed by atoms with van der Waals surface area (Å²) < 4.78 is 27.0. The molecular weight excluding hydrogens is 448 g/mol. The molecule has 0 radical (unpaired) electrons. The van der Waals surface area contributed by atoms with Gasteiger partial charge in [0.15, 0.2) is 0 Å². The van der Waals surface area contributed by atoms with Gasteiger partial charge in [0.1, 0.15) is 6.04 Å². The predicted molar refractivity (Wildman–Crippen MR) is 127 cm³/mol. The van der Waals surface area contributed by atoms with Crippen LogP contribution in [-0.4, -0.2) is 30.5 Å². The third kappa shape index (κ3) is 4.80. The number of aliphatic carboxylic acids is 1. The Morgan fingerprint density at radius 2 is 1.53 bits per heavy atom. The van der Waals surface area contributed by atoms with E-state index in [1.165, 1.54) is 19.1 Å². The molecule has 2 N–H and O–H groups in total. The van der Waals surface area contributed by atoms with Crippen LogP contribution < -0.4 is 4.72 Å². The lowest BCUT2D eigenvalue weighted by Gasteiger charge is -2.12. The van der Waals surface area contributed by atoms with E-state index in [2.05, 4.69) is 4.72 Å². The molecule has 0 aliphatic carbocycles. The van der Waals surface area contributed by atoms with Crippen LogP contribution in [0.4, 0.5) is 0 Å². The summed E-state index contributed by atoms with van der Waals surface area (Å²) in [5.74, 6) is -1.24. The Labute approximate surface area is 192 Å². The molecule has 32 heavy (non-hydrogen) atoms. The first-order valence-corrected chi connectivity index (χ1v) is 11.1. The topological polar surface area (TPSA) is 96.4 Å². The van der Waals surface area contributed by atoms with Crippen molar-refractivity contribution in [3.05, 3.63) is 84.9 Å². The number of carboxylic acids is 1. The SMILES string of the molecule is CC(NS(=O)(=O)c1ccc(-c2cc(-c3ccccc3)c3ccccc3n2)cc1)C(=O)O.Cl. The first-order chi connectivity index (χ1) is 14.8. The van der Waals surface area contributed by atoms with Crippen molar-refractivity contribution in [3.63, 3.8) is 0 Å². The van der Waals surface area contributed by atoms with Gasteiger partial charge in [0.25, 0.3) is 0 Å². The largest absolute Gasteiger partial charge is 0.480 e. The molecule has 0 saturated heterocycles. The van der Waals surface area contributed by atoms with E-state index in [0.29, 0.717) is 5.69 Å². The van der Waals surface area contributed by atoms with Gasteiger partial charge in [0.05, 0.1) is 16.1 Å². The highest BCUT2D eigenvalue weighted by molar-refractivity contribution is 7.89. The van der Waals surface area contributed by atoms with E-state index in [0.717, 1.165) is 27.6 Å². The fourth-order valence-corrected chi connectivity index (χ4v) is 4.53. The average Bonchev–Trinajstić information content (AvgIpc) is 2.78. The van der Waals surface area contributed by atoms with Gasteiger partial charge in [0, 0.05) is 10.9 Å². The molecular formula is C24H21ClN2O4S. The van der Waals surface area contributed by atoms with Gasteiger partial charge in [-0.05, 0) is 42.3 Å². The molecule has 3 aromatic carbocycles. The molecule has 4 rings (SSSR count). The first-order valence-electron chi connectivity index (χ1n) is 9.66. The van der Waals surface area contributed by atoms with Gasteiger partial charge in [-0.1, -0.05) is 60.7 Å². The third-order valence-corrected chi connectivity index (χ3v) is 6.52. The summed E-state index contributed by atoms with van der Waals surface area (Å²) in [5, 5.41) is 9.99. The number of hydrogen-bond acceptors (Lipinski definition) is 4. The van der Waals surface area contributed by atoms with Crippen molar-refractivity contribution in [1.29, 1.82) is 0 Å². The number of carbonyl (C=O) groups is 1. The van der Waals surface area contributed by atoms with Gasteiger partial charge >= 0.3 is 5.97 Å². The van der Waals surface area contributed by atoms with Crippen LogP contribution in [-0.2, 0) is 14.8 Å². The first kappa shape index (κ1) is 23.4. The van der Waals surface area contributed by atoms with Crippen LogP contribution in [0.15, 0.2) is 89.8 Å². The molecule has 0 spiro atoms. The zero-order valence-corrected chi connectivity index (χ0v) is 18.7. The van der Waals surface area contributed by atoms with Crippen molar-refractivity contribution >= 4 is 39.3 Å². The second kappa shape index (κ2) is 9.48. The Morgan fingerprint density at radius 1 is 0.906 bits per heavy atom. The van der Waals surface area contributed by atoms with Gasteiger partial charge < -0.3 is 5.11 Å². The molecule has 8 heteroatoms. The average molecular weight is 469 g/mol. The molecule has 1 atom stereocenters. The molecule has 0 amide bonds. The van der Waals surface area contributed by atoms with Crippen LogP contribution in [0, 0.1) is 0 Å². The van der Waals surface area contributed by atoms with E-state index < -0.39 is 22.0 Å². The van der Waals surface area contributed by atoms with Crippen LogP contribution in [0.5, 0.6) is 0 Å². The van der Waals surface area contributed by atoms with Gasteiger partial charge in [-0.3, -0.25) is 4.79 Å². The fraction of sp³-hybridized carbons (Fsp3) is 0.0833. The van der Waals surface area contributed by atoms with E-state index >= 15 is 0 Å². The number of fused-ring (bicyclic) bond motifs is 1. The maximum absolute atomic E-state index is 12.4. The molecule has 4 aromatic rings. The van der Waals surface area contributed by atoms with Crippen molar-refractivity contribution in [2.45, 2.75) is 17.9 Å². The minimum atomic E-state index is -3.94. The maximum Gasteiger partial charge on any atom is 0.321 e. The number of carboxylic acid groups (broad SMARTS) is 1. The van der Waals surface area contributed by atoms with Crippen molar-refractivity contribution in [1.82, 2.24) is 9.71 Å². The van der Waals surface area contributed by atoms with Crippen molar-refractivity contribution < 1.29 is 18.3 Å². The Hall–Kier alpha value is -3.26. The van der Waals surface area contributed by atoms with Crippen molar-refractivity contribution in [3.8, 4) is 22.4 Å². The van der Waals surface area contributed by atoms with E-state index in [-0.39, 0.29) is 17.3 Å². The zero-order chi connectivity index (χ0) is 22.0. The number of hydrogen-bond donors (Lipinski definition) is 2. The van der Waals surface area contributed by atoms with E-state index in [4.69, 9.17) is 10.1 Å². The summed E-state index contributed by atoms with van der Waals surface area (Å²) in [5.41, 5.74) is 4.41. The van der Waals surface area contributed by atoms with Crippen LogP contribution in [0.3, 0.4) is 0 Å². The second-order valence-electron chi connectivity index (χ2n) is 7.14. The number of para-hydroxylation sites is 1. The lowest BCUT2D eigenvalue weighted by molar-refractivity contribution is -0.138. The molecule has 0 saturated carbocycles. The highest BCUT2D eigenvalue weighted by Crippen LogP contribution is 2.32. The number of halogens is 1. The van der Waals surface area contributed by atoms with Crippen LogP contribution in [0.25, 0.3) is 33.3 Å². The Morgan fingerprint density at radius 3 is 2.19 bits per heavy atom. The number of aromatic nitrogens is 1. The van der Waals surface area contributed by atoms with Gasteiger partial charge in [-0.15, -0.1) is 12.4 Å². The van der Waals surface area contributed by atoms with Crippen LogP contribution in [0.2, 0.25) is 0 Å². The molecule has 0 fully saturated rings.